The Morgan fingerprint density at radius 3 is 2.36 bits per heavy atom. The highest BCUT2D eigenvalue weighted by molar-refractivity contribution is 6.09. The lowest BCUT2D eigenvalue weighted by molar-refractivity contribution is -0.138. The third-order valence-electron chi connectivity index (χ3n) is 5.29. The molecule has 0 spiro atoms. The van der Waals surface area contributed by atoms with Gasteiger partial charge in [0.25, 0.3) is 5.91 Å². The largest absolute Gasteiger partial charge is 0.340 e. The molecule has 3 rings (SSSR count). The smallest absolute Gasteiger partial charge is 0.325 e. The fourth-order valence-corrected chi connectivity index (χ4v) is 3.31. The number of amides is 4. The van der Waals surface area contributed by atoms with E-state index in [1.807, 2.05) is 62.4 Å². The molecule has 0 bridgehead atoms. The van der Waals surface area contributed by atoms with E-state index in [-0.39, 0.29) is 12.5 Å². The van der Waals surface area contributed by atoms with Gasteiger partial charge in [0, 0.05) is 13.6 Å². The standard InChI is InChI=1S/C22H25N3O3/c1-15-9-11-18(12-10-15)22(3)20(27)25(21(28)23-22)14-19(26)24(4)13-17-8-6-5-7-16(17)2/h5-12H,13-14H2,1-4H3,(H,23,28)/t22-/m1/s1. The summed E-state index contributed by atoms with van der Waals surface area (Å²) in [5, 5.41) is 2.74. The van der Waals surface area contributed by atoms with Crippen LogP contribution in [0.2, 0.25) is 0 Å². The van der Waals surface area contributed by atoms with E-state index in [0.717, 1.165) is 21.6 Å². The van der Waals surface area contributed by atoms with Crippen LogP contribution in [0.5, 0.6) is 0 Å². The summed E-state index contributed by atoms with van der Waals surface area (Å²) in [5.74, 6) is -0.709. The number of aryl methyl sites for hydroxylation is 2. The lowest BCUT2D eigenvalue weighted by Gasteiger charge is -2.23. The molecule has 1 heterocycles. The van der Waals surface area contributed by atoms with Gasteiger partial charge in [-0.15, -0.1) is 0 Å². The molecule has 0 radical (unpaired) electrons. The minimum absolute atomic E-state index is 0.283. The van der Waals surface area contributed by atoms with Gasteiger partial charge in [-0.05, 0) is 37.5 Å². The van der Waals surface area contributed by atoms with Crippen LogP contribution < -0.4 is 5.32 Å². The first-order chi connectivity index (χ1) is 13.2. The number of imide groups is 1. The van der Waals surface area contributed by atoms with Gasteiger partial charge in [0.15, 0.2) is 0 Å². The molecule has 2 aromatic rings. The highest BCUT2D eigenvalue weighted by Crippen LogP contribution is 2.29. The maximum Gasteiger partial charge on any atom is 0.325 e. The number of rotatable bonds is 5. The van der Waals surface area contributed by atoms with E-state index >= 15 is 0 Å². The molecular formula is C22H25N3O3. The highest BCUT2D eigenvalue weighted by atomic mass is 16.2. The van der Waals surface area contributed by atoms with Crippen LogP contribution in [-0.4, -0.2) is 41.2 Å². The minimum Gasteiger partial charge on any atom is -0.340 e. The summed E-state index contributed by atoms with van der Waals surface area (Å²) < 4.78 is 0. The summed E-state index contributed by atoms with van der Waals surface area (Å²) in [6, 6.07) is 14.7. The van der Waals surface area contributed by atoms with Crippen molar-refractivity contribution in [2.75, 3.05) is 13.6 Å². The van der Waals surface area contributed by atoms with Crippen LogP contribution in [-0.2, 0) is 21.7 Å². The van der Waals surface area contributed by atoms with Gasteiger partial charge in [0.05, 0.1) is 0 Å². The molecule has 1 atom stereocenters. The summed E-state index contributed by atoms with van der Waals surface area (Å²) in [7, 11) is 1.67. The van der Waals surface area contributed by atoms with Crippen LogP contribution in [0.1, 0.15) is 29.2 Å². The zero-order valence-corrected chi connectivity index (χ0v) is 16.7. The van der Waals surface area contributed by atoms with Crippen molar-refractivity contribution in [1.82, 2.24) is 15.1 Å². The number of carbonyl (C=O) groups is 3. The number of hydrogen-bond acceptors (Lipinski definition) is 3. The highest BCUT2D eigenvalue weighted by Gasteiger charge is 2.49. The van der Waals surface area contributed by atoms with Crippen LogP contribution in [0, 0.1) is 13.8 Å². The predicted molar refractivity (Wildman–Crippen MR) is 106 cm³/mol. The van der Waals surface area contributed by atoms with Gasteiger partial charge in [0.1, 0.15) is 12.1 Å². The van der Waals surface area contributed by atoms with Gasteiger partial charge < -0.3 is 10.2 Å². The zero-order valence-electron chi connectivity index (χ0n) is 16.7. The number of hydrogen-bond donors (Lipinski definition) is 1. The van der Waals surface area contributed by atoms with Crippen molar-refractivity contribution in [1.29, 1.82) is 0 Å². The van der Waals surface area contributed by atoms with Crippen LogP contribution in [0.25, 0.3) is 0 Å². The number of nitrogens with one attached hydrogen (secondary N) is 1. The van der Waals surface area contributed by atoms with Crippen molar-refractivity contribution in [2.24, 2.45) is 0 Å². The van der Waals surface area contributed by atoms with Crippen LogP contribution >= 0.6 is 0 Å². The average Bonchev–Trinajstić information content (AvgIpc) is 2.88. The predicted octanol–water partition coefficient (Wildman–Crippen LogP) is 2.73. The molecule has 2 aromatic carbocycles. The van der Waals surface area contributed by atoms with E-state index in [4.69, 9.17) is 0 Å². The number of carbonyl (C=O) groups excluding carboxylic acids is 3. The molecule has 6 nitrogen and oxygen atoms in total. The maximum atomic E-state index is 13.0. The molecule has 6 heteroatoms. The SMILES string of the molecule is Cc1ccc([C@@]2(C)NC(=O)N(CC(=O)N(C)Cc3ccccc3C)C2=O)cc1. The molecule has 1 aliphatic rings. The third-order valence-corrected chi connectivity index (χ3v) is 5.29. The topological polar surface area (TPSA) is 69.7 Å². The van der Waals surface area contributed by atoms with Gasteiger partial charge in [-0.1, -0.05) is 54.1 Å². The summed E-state index contributed by atoms with van der Waals surface area (Å²) in [6.07, 6.45) is 0. The Balaban J connectivity index is 1.72. The Morgan fingerprint density at radius 1 is 1.07 bits per heavy atom. The van der Waals surface area contributed by atoms with Crippen molar-refractivity contribution in [3.63, 3.8) is 0 Å². The molecule has 4 amide bonds. The second kappa shape index (κ2) is 7.46. The van der Waals surface area contributed by atoms with E-state index in [9.17, 15) is 14.4 Å². The Kier molecular flexibility index (Phi) is 5.23. The summed E-state index contributed by atoms with van der Waals surface area (Å²) >= 11 is 0. The second-order valence-electron chi connectivity index (χ2n) is 7.49. The van der Waals surface area contributed by atoms with E-state index in [0.29, 0.717) is 12.1 Å². The van der Waals surface area contributed by atoms with Gasteiger partial charge in [-0.25, -0.2) is 4.79 Å². The summed E-state index contributed by atoms with van der Waals surface area (Å²) in [5.41, 5.74) is 2.71. The molecule has 0 aliphatic carbocycles. The second-order valence-corrected chi connectivity index (χ2v) is 7.49. The number of likely N-dealkylation sites (N-methyl/N-ethyl adjacent to an activating group) is 1. The molecule has 0 unspecified atom stereocenters. The summed E-state index contributed by atoms with van der Waals surface area (Å²) in [6.45, 7) is 5.74. The van der Waals surface area contributed by atoms with Crippen LogP contribution in [0.3, 0.4) is 0 Å². The Bertz CT molecular complexity index is 923. The first kappa shape index (κ1) is 19.6. The fraction of sp³-hybridized carbons (Fsp3) is 0.318. The number of urea groups is 1. The van der Waals surface area contributed by atoms with Crippen LogP contribution in [0.15, 0.2) is 48.5 Å². The average molecular weight is 379 g/mol. The molecule has 28 heavy (non-hydrogen) atoms. The Morgan fingerprint density at radius 2 is 1.71 bits per heavy atom. The minimum atomic E-state index is -1.17. The zero-order chi connectivity index (χ0) is 20.5. The first-order valence-corrected chi connectivity index (χ1v) is 9.22. The van der Waals surface area contributed by atoms with Gasteiger partial charge in [0.2, 0.25) is 5.91 Å². The molecule has 1 N–H and O–H groups in total. The van der Waals surface area contributed by atoms with Crippen molar-refractivity contribution in [2.45, 2.75) is 32.9 Å². The van der Waals surface area contributed by atoms with Crippen molar-refractivity contribution in [3.8, 4) is 0 Å². The van der Waals surface area contributed by atoms with Crippen LogP contribution in [0.4, 0.5) is 4.79 Å². The van der Waals surface area contributed by atoms with Gasteiger partial charge >= 0.3 is 6.03 Å². The van der Waals surface area contributed by atoms with Crippen molar-refractivity contribution in [3.05, 3.63) is 70.8 Å². The fourth-order valence-electron chi connectivity index (χ4n) is 3.31. The van der Waals surface area contributed by atoms with Crippen molar-refractivity contribution < 1.29 is 14.4 Å². The lowest BCUT2D eigenvalue weighted by Crippen LogP contribution is -2.43. The monoisotopic (exact) mass is 379 g/mol. The quantitative estimate of drug-likeness (QED) is 0.812. The summed E-state index contributed by atoms with van der Waals surface area (Å²) in [4.78, 5) is 40.6. The number of benzene rings is 2. The molecule has 0 aromatic heterocycles. The van der Waals surface area contributed by atoms with Gasteiger partial charge in [-0.3, -0.25) is 14.5 Å². The molecule has 1 saturated heterocycles. The molecule has 1 aliphatic heterocycles. The lowest BCUT2D eigenvalue weighted by atomic mass is 9.91. The normalized spacial score (nSPS) is 18.9. The molecular weight excluding hydrogens is 354 g/mol. The number of nitrogens with zero attached hydrogens (tertiary/aromatic N) is 2. The van der Waals surface area contributed by atoms with Gasteiger partial charge in [-0.2, -0.15) is 0 Å². The molecule has 1 fully saturated rings. The van der Waals surface area contributed by atoms with E-state index in [2.05, 4.69) is 5.32 Å². The van der Waals surface area contributed by atoms with E-state index in [1.165, 1.54) is 4.90 Å². The van der Waals surface area contributed by atoms with Crippen molar-refractivity contribution >= 4 is 17.8 Å². The molecule has 146 valence electrons. The first-order valence-electron chi connectivity index (χ1n) is 9.22. The third kappa shape index (κ3) is 3.63. The molecule has 0 saturated carbocycles. The Hall–Kier alpha value is -3.15. The van der Waals surface area contributed by atoms with E-state index in [1.54, 1.807) is 14.0 Å². The Labute approximate surface area is 165 Å². The van der Waals surface area contributed by atoms with E-state index < -0.39 is 17.5 Å². The maximum absolute atomic E-state index is 13.0.